The molecule has 0 spiro atoms. The maximum atomic E-state index is 8.34. The summed E-state index contributed by atoms with van der Waals surface area (Å²) in [5.74, 6) is 0. The zero-order chi connectivity index (χ0) is 18.6. The molecule has 2 aromatic carbocycles. The van der Waals surface area contributed by atoms with E-state index in [9.17, 15) is 0 Å². The van der Waals surface area contributed by atoms with E-state index in [0.29, 0.717) is 5.71 Å². The molecule has 2 aliphatic rings. The highest BCUT2D eigenvalue weighted by Crippen LogP contribution is 2.28. The van der Waals surface area contributed by atoms with Gasteiger partial charge in [-0.3, -0.25) is 4.90 Å². The van der Waals surface area contributed by atoms with Gasteiger partial charge in [0.1, 0.15) is 0 Å². The molecule has 27 heavy (non-hydrogen) atoms. The molecular formula is C22H29N5. The van der Waals surface area contributed by atoms with E-state index >= 15 is 0 Å². The van der Waals surface area contributed by atoms with Crippen LogP contribution in [0, 0.1) is 5.41 Å². The summed E-state index contributed by atoms with van der Waals surface area (Å²) in [5, 5.41) is 15.2. The summed E-state index contributed by atoms with van der Waals surface area (Å²) in [4.78, 5) is 5.08. The summed E-state index contributed by atoms with van der Waals surface area (Å²) in [5.41, 5.74) is 4.98. The summed E-state index contributed by atoms with van der Waals surface area (Å²) in [6.07, 6.45) is 0.733. The van der Waals surface area contributed by atoms with Crippen molar-refractivity contribution in [2.45, 2.75) is 19.4 Å². The third kappa shape index (κ3) is 3.99. The molecule has 0 bridgehead atoms. The molecule has 2 aliphatic heterocycles. The van der Waals surface area contributed by atoms with Gasteiger partial charge in [0.15, 0.2) is 0 Å². The number of nitrogens with zero attached hydrogens (tertiary/aromatic N) is 2. The van der Waals surface area contributed by atoms with E-state index in [1.807, 2.05) is 25.1 Å². The largest absolute Gasteiger partial charge is 0.369 e. The Kier molecular flexibility index (Phi) is 5.41. The molecule has 2 aromatic rings. The molecule has 2 heterocycles. The first-order chi connectivity index (χ1) is 13.2. The zero-order valence-corrected chi connectivity index (χ0v) is 16.0. The van der Waals surface area contributed by atoms with Crippen molar-refractivity contribution in [3.63, 3.8) is 0 Å². The first kappa shape index (κ1) is 18.0. The summed E-state index contributed by atoms with van der Waals surface area (Å²) >= 11 is 0. The smallest absolute Gasteiger partial charge is 0.0496 e. The Morgan fingerprint density at radius 1 is 1.07 bits per heavy atom. The van der Waals surface area contributed by atoms with E-state index in [-0.39, 0.29) is 0 Å². The molecule has 142 valence electrons. The van der Waals surface area contributed by atoms with Crippen LogP contribution in [0.3, 0.4) is 0 Å². The van der Waals surface area contributed by atoms with E-state index < -0.39 is 0 Å². The predicted molar refractivity (Wildman–Crippen MR) is 114 cm³/mol. The fourth-order valence-electron chi connectivity index (χ4n) is 3.84. The molecule has 5 nitrogen and oxygen atoms in total. The molecule has 0 atom stereocenters. The van der Waals surface area contributed by atoms with Gasteiger partial charge in [-0.25, -0.2) is 0 Å². The van der Waals surface area contributed by atoms with Crippen molar-refractivity contribution in [1.82, 2.24) is 10.2 Å². The van der Waals surface area contributed by atoms with E-state index in [1.54, 1.807) is 0 Å². The normalized spacial score (nSPS) is 18.2. The number of hydrogen-bond donors (Lipinski definition) is 3. The van der Waals surface area contributed by atoms with Crippen LogP contribution in [0.25, 0.3) is 0 Å². The quantitative estimate of drug-likeness (QED) is 0.690. The van der Waals surface area contributed by atoms with Gasteiger partial charge in [0.25, 0.3) is 0 Å². The third-order valence-electron chi connectivity index (χ3n) is 5.69. The van der Waals surface area contributed by atoms with Gasteiger partial charge in [-0.15, -0.1) is 0 Å². The van der Waals surface area contributed by atoms with Gasteiger partial charge < -0.3 is 20.9 Å². The number of hydrogen-bond acceptors (Lipinski definition) is 5. The maximum absolute atomic E-state index is 8.34. The Labute approximate surface area is 161 Å². The van der Waals surface area contributed by atoms with Crippen molar-refractivity contribution in [3.8, 4) is 0 Å². The third-order valence-corrected chi connectivity index (χ3v) is 5.69. The van der Waals surface area contributed by atoms with Gasteiger partial charge in [-0.2, -0.15) is 0 Å². The predicted octanol–water partition coefficient (Wildman–Crippen LogP) is 3.30. The van der Waals surface area contributed by atoms with Gasteiger partial charge in [0.05, 0.1) is 0 Å². The molecule has 2 saturated heterocycles. The lowest BCUT2D eigenvalue weighted by atomic mass is 10.0. The number of benzene rings is 2. The average Bonchev–Trinajstić information content (AvgIpc) is 2.67. The summed E-state index contributed by atoms with van der Waals surface area (Å²) < 4.78 is 0. The molecule has 5 heteroatoms. The number of piperazine rings is 1. The van der Waals surface area contributed by atoms with Gasteiger partial charge in [0.2, 0.25) is 0 Å². The summed E-state index contributed by atoms with van der Waals surface area (Å²) in [6.45, 7) is 8.69. The molecule has 4 rings (SSSR count). The van der Waals surface area contributed by atoms with Crippen LogP contribution in [-0.2, 0) is 0 Å². The van der Waals surface area contributed by atoms with Crippen LogP contribution < -0.4 is 15.5 Å². The number of anilines is 3. The standard InChI is InChI=1S/C22H29N5/c1-2-21(23)20-9-8-18(14-22(20)25-17-6-4-3-5-7-17)26-10-12-27(13-11-26)19-15-24-16-19/h3-9,14,19,23-25H,2,10-13,15-16H2,1H3. The van der Waals surface area contributed by atoms with E-state index in [1.165, 1.54) is 5.69 Å². The van der Waals surface area contributed by atoms with Crippen molar-refractivity contribution in [2.75, 3.05) is 49.5 Å². The first-order valence-electron chi connectivity index (χ1n) is 9.98. The minimum Gasteiger partial charge on any atom is -0.369 e. The highest BCUT2D eigenvalue weighted by molar-refractivity contribution is 6.04. The van der Waals surface area contributed by atoms with Crippen molar-refractivity contribution in [2.24, 2.45) is 0 Å². The molecule has 0 aromatic heterocycles. The van der Waals surface area contributed by atoms with Crippen LogP contribution in [0.2, 0.25) is 0 Å². The lowest BCUT2D eigenvalue weighted by Crippen LogP contribution is -2.61. The average molecular weight is 364 g/mol. The van der Waals surface area contributed by atoms with Crippen molar-refractivity contribution in [3.05, 3.63) is 54.1 Å². The van der Waals surface area contributed by atoms with E-state index in [0.717, 1.165) is 68.7 Å². The zero-order valence-electron chi connectivity index (χ0n) is 16.0. The Morgan fingerprint density at radius 2 is 1.81 bits per heavy atom. The summed E-state index contributed by atoms with van der Waals surface area (Å²) in [6, 6.07) is 17.5. The van der Waals surface area contributed by atoms with Crippen LogP contribution in [0.5, 0.6) is 0 Å². The van der Waals surface area contributed by atoms with Crippen LogP contribution in [-0.4, -0.2) is 55.9 Å². The second kappa shape index (κ2) is 8.11. The van der Waals surface area contributed by atoms with Crippen molar-refractivity contribution >= 4 is 22.8 Å². The topological polar surface area (TPSA) is 54.4 Å². The Morgan fingerprint density at radius 3 is 2.44 bits per heavy atom. The van der Waals surface area contributed by atoms with Crippen LogP contribution >= 0.6 is 0 Å². The number of nitrogens with one attached hydrogen (secondary N) is 3. The van der Waals surface area contributed by atoms with Gasteiger partial charge in [-0.05, 0) is 36.8 Å². The SMILES string of the molecule is CCC(=N)c1ccc(N2CCN(C3CNC3)CC2)cc1Nc1ccccc1. The minimum atomic E-state index is 0.669. The second-order valence-electron chi connectivity index (χ2n) is 7.39. The Hall–Kier alpha value is -2.37. The highest BCUT2D eigenvalue weighted by Gasteiger charge is 2.27. The lowest BCUT2D eigenvalue weighted by molar-refractivity contribution is 0.138. The maximum Gasteiger partial charge on any atom is 0.0496 e. The first-order valence-corrected chi connectivity index (χ1v) is 9.98. The summed E-state index contributed by atoms with van der Waals surface area (Å²) in [7, 11) is 0. The Balaban J connectivity index is 1.53. The molecule has 0 amide bonds. The van der Waals surface area contributed by atoms with Gasteiger partial charge >= 0.3 is 0 Å². The minimum absolute atomic E-state index is 0.669. The number of rotatable bonds is 6. The van der Waals surface area contributed by atoms with E-state index in [4.69, 9.17) is 5.41 Å². The van der Waals surface area contributed by atoms with Crippen LogP contribution in [0.15, 0.2) is 48.5 Å². The monoisotopic (exact) mass is 363 g/mol. The van der Waals surface area contributed by atoms with Gasteiger partial charge in [0, 0.05) is 73.6 Å². The van der Waals surface area contributed by atoms with Crippen LogP contribution in [0.4, 0.5) is 17.1 Å². The number of para-hydroxylation sites is 1. The lowest BCUT2D eigenvalue weighted by Gasteiger charge is -2.44. The fourth-order valence-corrected chi connectivity index (χ4v) is 3.84. The second-order valence-corrected chi connectivity index (χ2v) is 7.39. The molecule has 0 aliphatic carbocycles. The van der Waals surface area contributed by atoms with E-state index in [2.05, 4.69) is 50.8 Å². The van der Waals surface area contributed by atoms with Crippen LogP contribution in [0.1, 0.15) is 18.9 Å². The Bertz CT molecular complexity index is 777. The molecular weight excluding hydrogens is 334 g/mol. The highest BCUT2D eigenvalue weighted by atomic mass is 15.3. The molecule has 0 unspecified atom stereocenters. The van der Waals surface area contributed by atoms with Crippen molar-refractivity contribution in [1.29, 1.82) is 5.41 Å². The van der Waals surface area contributed by atoms with Gasteiger partial charge in [-0.1, -0.05) is 25.1 Å². The van der Waals surface area contributed by atoms with Crippen molar-refractivity contribution < 1.29 is 0 Å². The molecule has 3 N–H and O–H groups in total. The molecule has 0 saturated carbocycles. The molecule has 0 radical (unpaired) electrons. The molecule has 2 fully saturated rings. The fraction of sp³-hybridized carbons (Fsp3) is 0.409.